The van der Waals surface area contributed by atoms with E-state index in [1.165, 1.54) is 12.7 Å². The normalized spacial score (nSPS) is 26.1. The van der Waals surface area contributed by atoms with E-state index in [1.54, 1.807) is 0 Å². The van der Waals surface area contributed by atoms with Gasteiger partial charge in [0.25, 0.3) is 0 Å². The van der Waals surface area contributed by atoms with Gasteiger partial charge < -0.3 is 0 Å². The van der Waals surface area contributed by atoms with Crippen LogP contribution < -0.4 is 5.48 Å². The molecule has 2 N–H and O–H groups in total. The fourth-order valence-electron chi connectivity index (χ4n) is 0.895. The van der Waals surface area contributed by atoms with Crippen molar-refractivity contribution in [1.29, 1.82) is 0 Å². The molecule has 6 heteroatoms. The van der Waals surface area contributed by atoms with Crippen LogP contribution in [-0.2, 0) is 0 Å². The van der Waals surface area contributed by atoms with Crippen molar-refractivity contribution in [2.45, 2.75) is 6.17 Å². The molecule has 0 saturated heterocycles. The number of aliphatic imine (C=N–C) groups is 4. The maximum Gasteiger partial charge on any atom is 0.189 e. The van der Waals surface area contributed by atoms with Crippen LogP contribution in [0.2, 0.25) is 0 Å². The lowest BCUT2D eigenvalue weighted by molar-refractivity contribution is 0.236. The van der Waals surface area contributed by atoms with Crippen LogP contribution in [0.1, 0.15) is 0 Å². The van der Waals surface area contributed by atoms with Gasteiger partial charge in [0.2, 0.25) is 0 Å². The third-order valence-corrected chi connectivity index (χ3v) is 1.39. The first-order chi connectivity index (χ1) is 5.42. The van der Waals surface area contributed by atoms with E-state index in [0.717, 1.165) is 0 Å². The van der Waals surface area contributed by atoms with Gasteiger partial charge in [0.05, 0.1) is 0 Å². The van der Waals surface area contributed by atoms with Gasteiger partial charge in [-0.15, -0.1) is 0 Å². The molecule has 0 amide bonds. The second-order valence-corrected chi connectivity index (χ2v) is 2.01. The summed E-state index contributed by atoms with van der Waals surface area (Å²) >= 11 is 0. The molecule has 2 heterocycles. The molecule has 2 aliphatic heterocycles. The van der Waals surface area contributed by atoms with Crippen LogP contribution >= 0.6 is 0 Å². The number of hydrogen-bond donors (Lipinski definition) is 2. The Kier molecular flexibility index (Phi) is 1.26. The highest BCUT2D eigenvalue weighted by molar-refractivity contribution is 6.46. The minimum Gasteiger partial charge on any atom is -0.290 e. The SMILES string of the molecule is ONC1=NC=NC2N=CN=C12. The third kappa shape index (κ3) is 0.838. The van der Waals surface area contributed by atoms with Gasteiger partial charge in [0.15, 0.2) is 12.0 Å². The molecule has 11 heavy (non-hydrogen) atoms. The second kappa shape index (κ2) is 2.24. The molecule has 1 unspecified atom stereocenters. The van der Waals surface area contributed by atoms with E-state index in [0.29, 0.717) is 11.5 Å². The Bertz CT molecular complexity index is 283. The zero-order chi connectivity index (χ0) is 7.68. The monoisotopic (exact) mass is 151 g/mol. The molecule has 0 fully saturated rings. The van der Waals surface area contributed by atoms with Crippen LogP contribution in [-0.4, -0.2) is 35.6 Å². The minimum absolute atomic E-state index is 0.308. The quantitative estimate of drug-likeness (QED) is 0.445. The lowest BCUT2D eigenvalue weighted by Crippen LogP contribution is -2.36. The van der Waals surface area contributed by atoms with Crippen molar-refractivity contribution < 1.29 is 5.21 Å². The largest absolute Gasteiger partial charge is 0.290 e. The Labute approximate surface area is 62.1 Å². The highest BCUT2D eigenvalue weighted by atomic mass is 16.5. The first-order valence-corrected chi connectivity index (χ1v) is 3.01. The van der Waals surface area contributed by atoms with Crippen molar-refractivity contribution in [2.75, 3.05) is 0 Å². The van der Waals surface area contributed by atoms with E-state index in [-0.39, 0.29) is 6.17 Å². The van der Waals surface area contributed by atoms with Crippen LogP contribution in [0.15, 0.2) is 20.0 Å². The molecule has 0 bridgehead atoms. The second-order valence-electron chi connectivity index (χ2n) is 2.01. The molecule has 0 aromatic rings. The molecule has 56 valence electrons. The Morgan fingerprint density at radius 2 is 2.00 bits per heavy atom. The van der Waals surface area contributed by atoms with Gasteiger partial charge in [-0.3, -0.25) is 10.7 Å². The first kappa shape index (κ1) is 6.17. The molecule has 1 atom stereocenters. The van der Waals surface area contributed by atoms with E-state index in [2.05, 4.69) is 20.0 Å². The molecule has 0 radical (unpaired) electrons. The average Bonchev–Trinajstić information content (AvgIpc) is 2.50. The Morgan fingerprint density at radius 3 is 2.73 bits per heavy atom. The minimum atomic E-state index is -0.317. The summed E-state index contributed by atoms with van der Waals surface area (Å²) in [7, 11) is 0. The van der Waals surface area contributed by atoms with Gasteiger partial charge in [0.1, 0.15) is 18.4 Å². The van der Waals surface area contributed by atoms with Crippen LogP contribution in [0.25, 0.3) is 0 Å². The summed E-state index contributed by atoms with van der Waals surface area (Å²) in [5, 5.41) is 8.56. The van der Waals surface area contributed by atoms with Gasteiger partial charge in [-0.2, -0.15) is 0 Å². The molecule has 0 saturated carbocycles. The molecule has 2 aliphatic rings. The molecular weight excluding hydrogens is 146 g/mol. The topological polar surface area (TPSA) is 81.7 Å². The lowest BCUT2D eigenvalue weighted by Gasteiger charge is -2.10. The summed E-state index contributed by atoms with van der Waals surface area (Å²) < 4.78 is 0. The summed E-state index contributed by atoms with van der Waals surface area (Å²) in [6.07, 6.45) is 2.42. The Hall–Kier alpha value is -1.56. The van der Waals surface area contributed by atoms with E-state index in [4.69, 9.17) is 5.21 Å². The number of nitrogens with zero attached hydrogens (tertiary/aromatic N) is 4. The van der Waals surface area contributed by atoms with Gasteiger partial charge in [-0.05, 0) is 0 Å². The van der Waals surface area contributed by atoms with Crippen LogP contribution in [0.5, 0.6) is 0 Å². The molecular formula is C5H5N5O. The molecule has 0 aliphatic carbocycles. The van der Waals surface area contributed by atoms with Gasteiger partial charge >= 0.3 is 0 Å². The van der Waals surface area contributed by atoms with Crippen LogP contribution in [0.4, 0.5) is 0 Å². The summed E-state index contributed by atoms with van der Waals surface area (Å²) in [6, 6.07) is 0. The van der Waals surface area contributed by atoms with Crippen molar-refractivity contribution in [3.05, 3.63) is 0 Å². The Balaban J connectivity index is 2.36. The number of hydroxylamine groups is 1. The first-order valence-electron chi connectivity index (χ1n) is 3.01. The fourth-order valence-corrected chi connectivity index (χ4v) is 0.895. The smallest absolute Gasteiger partial charge is 0.189 e. The van der Waals surface area contributed by atoms with Crippen molar-refractivity contribution in [2.24, 2.45) is 20.0 Å². The fraction of sp³-hybridized carbons (Fsp3) is 0.200. The standard InChI is InChI=1S/C5H5N5O/c11-10-5-3-4(7-1-6-3)8-2-9-5/h1-2,4,11H,(H,8,9,10). The molecule has 0 aromatic heterocycles. The predicted octanol–water partition coefficient (Wildman–Crippen LogP) is -0.785. The summed E-state index contributed by atoms with van der Waals surface area (Å²) in [4.78, 5) is 15.4. The van der Waals surface area contributed by atoms with E-state index in [1.807, 2.05) is 5.48 Å². The van der Waals surface area contributed by atoms with E-state index < -0.39 is 0 Å². The van der Waals surface area contributed by atoms with E-state index >= 15 is 0 Å². The van der Waals surface area contributed by atoms with Gasteiger partial charge in [0, 0.05) is 0 Å². The van der Waals surface area contributed by atoms with Crippen molar-refractivity contribution >= 4 is 24.2 Å². The summed E-state index contributed by atoms with van der Waals surface area (Å²) in [6.45, 7) is 0. The zero-order valence-electron chi connectivity index (χ0n) is 5.47. The maximum atomic E-state index is 8.56. The lowest BCUT2D eigenvalue weighted by atomic mass is 10.3. The molecule has 2 rings (SSSR count). The summed E-state index contributed by atoms with van der Waals surface area (Å²) in [5.74, 6) is 0.308. The number of nitrogens with one attached hydrogen (secondary N) is 1. The zero-order valence-corrected chi connectivity index (χ0v) is 5.47. The number of fused-ring (bicyclic) bond motifs is 1. The molecule has 0 aromatic carbocycles. The average molecular weight is 151 g/mol. The van der Waals surface area contributed by atoms with Crippen molar-refractivity contribution in [3.8, 4) is 0 Å². The maximum absolute atomic E-state index is 8.56. The van der Waals surface area contributed by atoms with Crippen LogP contribution in [0, 0.1) is 0 Å². The summed E-state index contributed by atoms with van der Waals surface area (Å²) in [5.41, 5.74) is 2.47. The third-order valence-electron chi connectivity index (χ3n) is 1.39. The Morgan fingerprint density at radius 1 is 1.27 bits per heavy atom. The highest BCUT2D eigenvalue weighted by Crippen LogP contribution is 2.06. The highest BCUT2D eigenvalue weighted by Gasteiger charge is 2.23. The van der Waals surface area contributed by atoms with Gasteiger partial charge in [-0.1, -0.05) is 0 Å². The van der Waals surface area contributed by atoms with Crippen molar-refractivity contribution in [3.63, 3.8) is 0 Å². The number of hydrogen-bond acceptors (Lipinski definition) is 6. The molecule has 0 spiro atoms. The van der Waals surface area contributed by atoms with Crippen molar-refractivity contribution in [1.82, 2.24) is 5.48 Å². The predicted molar refractivity (Wildman–Crippen MR) is 40.6 cm³/mol. The van der Waals surface area contributed by atoms with Crippen LogP contribution in [0.3, 0.4) is 0 Å². The number of amidine groups is 1. The number of rotatable bonds is 0. The molecule has 6 nitrogen and oxygen atoms in total. The van der Waals surface area contributed by atoms with E-state index in [9.17, 15) is 0 Å². The van der Waals surface area contributed by atoms with Gasteiger partial charge in [-0.25, -0.2) is 20.0 Å².